The predicted octanol–water partition coefficient (Wildman–Crippen LogP) is 3.54. The van der Waals surface area contributed by atoms with E-state index in [-0.39, 0.29) is 10.7 Å². The van der Waals surface area contributed by atoms with E-state index >= 15 is 0 Å². The van der Waals surface area contributed by atoms with E-state index in [1.807, 2.05) is 0 Å². The van der Waals surface area contributed by atoms with E-state index in [0.717, 1.165) is 12.1 Å². The average molecular weight is 286 g/mol. The van der Waals surface area contributed by atoms with Crippen LogP contribution >= 0.6 is 11.6 Å². The molecule has 0 saturated heterocycles. The molecular formula is C10H8ClF4NO2. The number of nitrogens with one attached hydrogen (secondary N) is 1. The van der Waals surface area contributed by atoms with Crippen molar-refractivity contribution in [3.05, 3.63) is 23.2 Å². The maximum Gasteiger partial charge on any atom is 0.461 e. The summed E-state index contributed by atoms with van der Waals surface area (Å²) in [5, 5.41) is 2.03. The fourth-order valence-corrected chi connectivity index (χ4v) is 1.27. The van der Waals surface area contributed by atoms with Crippen molar-refractivity contribution in [3.8, 4) is 5.75 Å². The Hall–Kier alpha value is -1.50. The van der Waals surface area contributed by atoms with Crippen LogP contribution < -0.4 is 10.1 Å². The highest BCUT2D eigenvalue weighted by atomic mass is 35.5. The molecule has 0 heterocycles. The zero-order valence-corrected chi connectivity index (χ0v) is 9.77. The van der Waals surface area contributed by atoms with Crippen LogP contribution in [-0.2, 0) is 4.79 Å². The number of hydrogen-bond acceptors (Lipinski definition) is 2. The molecule has 1 N–H and O–H groups in total. The zero-order valence-electron chi connectivity index (χ0n) is 9.02. The molecule has 1 aromatic rings. The van der Waals surface area contributed by atoms with Gasteiger partial charge >= 0.3 is 12.5 Å². The first kappa shape index (κ1) is 14.6. The fraction of sp³-hybridized carbons (Fsp3) is 0.300. The second-order valence-electron chi connectivity index (χ2n) is 3.29. The standard InChI is InChI=1S/C10H8ClF4NO2/c1-5(17)16-6-2-3-8(7(11)4-6)18-10(14,15)9(12)13/h2-4,9H,1H3,(H,16,17). The summed E-state index contributed by atoms with van der Waals surface area (Å²) in [6.45, 7) is 1.24. The minimum absolute atomic E-state index is 0.236. The Kier molecular flexibility index (Phi) is 4.39. The van der Waals surface area contributed by atoms with Crippen LogP contribution in [0.3, 0.4) is 0 Å². The first-order valence-electron chi connectivity index (χ1n) is 4.64. The van der Waals surface area contributed by atoms with Gasteiger partial charge in [-0.15, -0.1) is 0 Å². The Balaban J connectivity index is 2.89. The lowest BCUT2D eigenvalue weighted by Gasteiger charge is -2.17. The largest absolute Gasteiger partial charge is 0.461 e. The molecule has 0 bridgehead atoms. The molecule has 3 nitrogen and oxygen atoms in total. The summed E-state index contributed by atoms with van der Waals surface area (Å²) in [7, 11) is 0. The van der Waals surface area contributed by atoms with Gasteiger partial charge in [0.05, 0.1) is 5.02 Å². The van der Waals surface area contributed by atoms with Crippen LogP contribution in [0.1, 0.15) is 6.92 Å². The zero-order chi connectivity index (χ0) is 13.9. The van der Waals surface area contributed by atoms with Crippen molar-refractivity contribution in [2.45, 2.75) is 19.5 Å². The van der Waals surface area contributed by atoms with Crippen LogP contribution in [0, 0.1) is 0 Å². The predicted molar refractivity (Wildman–Crippen MR) is 57.3 cm³/mol. The van der Waals surface area contributed by atoms with Crippen molar-refractivity contribution in [3.63, 3.8) is 0 Å². The molecule has 100 valence electrons. The Morgan fingerprint density at radius 1 is 1.44 bits per heavy atom. The first-order chi connectivity index (χ1) is 8.22. The molecule has 0 unspecified atom stereocenters. The third kappa shape index (κ3) is 3.76. The van der Waals surface area contributed by atoms with Gasteiger partial charge in [0.25, 0.3) is 0 Å². The minimum Gasteiger partial charge on any atom is -0.427 e. The Morgan fingerprint density at radius 3 is 2.50 bits per heavy atom. The Bertz CT molecular complexity index is 454. The first-order valence-corrected chi connectivity index (χ1v) is 5.02. The summed E-state index contributed by atoms with van der Waals surface area (Å²) >= 11 is 5.57. The monoisotopic (exact) mass is 285 g/mol. The van der Waals surface area contributed by atoms with E-state index < -0.39 is 24.2 Å². The molecule has 0 aliphatic carbocycles. The molecule has 0 saturated carbocycles. The second-order valence-corrected chi connectivity index (χ2v) is 3.70. The highest BCUT2D eigenvalue weighted by Gasteiger charge is 2.44. The number of rotatable bonds is 4. The summed E-state index contributed by atoms with van der Waals surface area (Å²) in [5.41, 5.74) is 0.236. The molecule has 0 aliphatic rings. The number of ether oxygens (including phenoxy) is 1. The number of benzene rings is 1. The van der Waals surface area contributed by atoms with Gasteiger partial charge in [0.15, 0.2) is 0 Å². The lowest BCUT2D eigenvalue weighted by atomic mass is 10.3. The lowest BCUT2D eigenvalue weighted by Crippen LogP contribution is -2.33. The molecular weight excluding hydrogens is 278 g/mol. The lowest BCUT2D eigenvalue weighted by molar-refractivity contribution is -0.253. The number of halogens is 5. The van der Waals surface area contributed by atoms with Crippen LogP contribution in [0.2, 0.25) is 5.02 Å². The van der Waals surface area contributed by atoms with Gasteiger partial charge in [-0.25, -0.2) is 0 Å². The quantitative estimate of drug-likeness (QED) is 0.859. The van der Waals surface area contributed by atoms with Crippen LogP contribution in [0.15, 0.2) is 18.2 Å². The molecule has 0 spiro atoms. The van der Waals surface area contributed by atoms with Gasteiger partial charge in [-0.05, 0) is 18.2 Å². The summed E-state index contributed by atoms with van der Waals surface area (Å²) in [5.74, 6) is -0.992. The topological polar surface area (TPSA) is 38.3 Å². The van der Waals surface area contributed by atoms with Gasteiger partial charge in [-0.3, -0.25) is 4.79 Å². The molecule has 0 atom stereocenters. The summed E-state index contributed by atoms with van der Waals surface area (Å²) < 4.78 is 52.9. The van der Waals surface area contributed by atoms with E-state index in [2.05, 4.69) is 10.1 Å². The molecule has 18 heavy (non-hydrogen) atoms. The van der Waals surface area contributed by atoms with Gasteiger partial charge in [0.1, 0.15) is 5.75 Å². The molecule has 1 rings (SSSR count). The summed E-state index contributed by atoms with van der Waals surface area (Å²) in [6, 6.07) is 3.27. The number of carbonyl (C=O) groups is 1. The number of hydrogen-bond donors (Lipinski definition) is 1. The Labute approximate surface area is 105 Å². The van der Waals surface area contributed by atoms with Crippen molar-refractivity contribution in [1.29, 1.82) is 0 Å². The third-order valence-electron chi connectivity index (χ3n) is 1.75. The number of alkyl halides is 4. The van der Waals surface area contributed by atoms with E-state index in [1.165, 1.54) is 13.0 Å². The molecule has 1 aromatic carbocycles. The van der Waals surface area contributed by atoms with Crippen LogP contribution in [-0.4, -0.2) is 18.4 Å². The second kappa shape index (κ2) is 5.43. The Morgan fingerprint density at radius 2 is 2.06 bits per heavy atom. The average Bonchev–Trinajstić information content (AvgIpc) is 2.21. The van der Waals surface area contributed by atoms with Crippen molar-refractivity contribution < 1.29 is 27.1 Å². The van der Waals surface area contributed by atoms with E-state index in [4.69, 9.17) is 11.6 Å². The summed E-state index contributed by atoms with van der Waals surface area (Å²) in [4.78, 5) is 10.7. The van der Waals surface area contributed by atoms with E-state index in [9.17, 15) is 22.4 Å². The van der Waals surface area contributed by atoms with Crippen LogP contribution in [0.25, 0.3) is 0 Å². The van der Waals surface area contributed by atoms with Crippen molar-refractivity contribution in [2.75, 3.05) is 5.32 Å². The van der Waals surface area contributed by atoms with E-state index in [0.29, 0.717) is 0 Å². The number of amides is 1. The van der Waals surface area contributed by atoms with E-state index in [1.54, 1.807) is 0 Å². The molecule has 0 aliphatic heterocycles. The molecule has 0 fully saturated rings. The van der Waals surface area contributed by atoms with Crippen molar-refractivity contribution in [1.82, 2.24) is 0 Å². The highest BCUT2D eigenvalue weighted by Crippen LogP contribution is 2.33. The maximum absolute atomic E-state index is 12.6. The van der Waals surface area contributed by atoms with Crippen molar-refractivity contribution >= 4 is 23.2 Å². The van der Waals surface area contributed by atoms with Gasteiger partial charge in [-0.2, -0.15) is 17.6 Å². The van der Waals surface area contributed by atoms with Crippen LogP contribution in [0.5, 0.6) is 5.75 Å². The van der Waals surface area contributed by atoms with Gasteiger partial charge in [-0.1, -0.05) is 11.6 Å². The van der Waals surface area contributed by atoms with Crippen LogP contribution in [0.4, 0.5) is 23.2 Å². The SMILES string of the molecule is CC(=O)Nc1ccc(OC(F)(F)C(F)F)c(Cl)c1. The van der Waals surface area contributed by atoms with Gasteiger partial charge in [0.2, 0.25) is 5.91 Å². The number of carbonyl (C=O) groups excluding carboxylic acids is 1. The van der Waals surface area contributed by atoms with Gasteiger partial charge < -0.3 is 10.1 Å². The molecule has 0 aromatic heterocycles. The maximum atomic E-state index is 12.6. The molecule has 1 amide bonds. The van der Waals surface area contributed by atoms with Crippen molar-refractivity contribution in [2.24, 2.45) is 0 Å². The minimum atomic E-state index is -4.63. The molecule has 8 heteroatoms. The fourth-order valence-electron chi connectivity index (χ4n) is 1.06. The normalized spacial score (nSPS) is 11.5. The third-order valence-corrected chi connectivity index (χ3v) is 2.05. The number of anilines is 1. The van der Waals surface area contributed by atoms with Gasteiger partial charge in [0, 0.05) is 12.6 Å². The smallest absolute Gasteiger partial charge is 0.427 e. The summed E-state index contributed by atoms with van der Waals surface area (Å²) in [6.07, 6.45) is -8.59. The molecule has 0 radical (unpaired) electrons. The highest BCUT2D eigenvalue weighted by molar-refractivity contribution is 6.32.